The summed E-state index contributed by atoms with van der Waals surface area (Å²) in [5.74, 6) is -0.272. The number of anilines is 1. The molecule has 27 heavy (non-hydrogen) atoms. The predicted octanol–water partition coefficient (Wildman–Crippen LogP) is 4.31. The maximum absolute atomic E-state index is 13.0. The smallest absolute Gasteiger partial charge is 0.253 e. The summed E-state index contributed by atoms with van der Waals surface area (Å²) in [6, 6.07) is 15.1. The van der Waals surface area contributed by atoms with E-state index < -0.39 is 10.0 Å². The summed E-state index contributed by atoms with van der Waals surface area (Å²) in [6.07, 6.45) is 1.21. The van der Waals surface area contributed by atoms with Gasteiger partial charge >= 0.3 is 0 Å². The normalized spacial score (nSPS) is 14.1. The summed E-state index contributed by atoms with van der Waals surface area (Å²) in [7, 11) is -3.55. The Kier molecular flexibility index (Phi) is 4.73. The highest BCUT2D eigenvalue weighted by atomic mass is 32.2. The fourth-order valence-electron chi connectivity index (χ4n) is 2.89. The lowest BCUT2D eigenvalue weighted by molar-refractivity contribution is -0.111. The van der Waals surface area contributed by atoms with Gasteiger partial charge in [-0.05, 0) is 35.4 Å². The first-order valence-corrected chi connectivity index (χ1v) is 11.2. The van der Waals surface area contributed by atoms with Crippen molar-refractivity contribution in [2.45, 2.75) is 17.3 Å². The molecule has 2 aromatic heterocycles. The Bertz CT molecular complexity index is 1090. The van der Waals surface area contributed by atoms with Crippen LogP contribution in [0.15, 0.2) is 65.4 Å². The molecular formula is C19H16N2O3S3. The lowest BCUT2D eigenvalue weighted by atomic mass is 10.2. The first-order valence-electron chi connectivity index (χ1n) is 8.18. The molecule has 0 aliphatic carbocycles. The highest BCUT2D eigenvalue weighted by Gasteiger charge is 2.33. The number of amides is 1. The van der Waals surface area contributed by atoms with Gasteiger partial charge in [-0.15, -0.1) is 22.7 Å². The average molecular weight is 417 g/mol. The molecule has 0 radical (unpaired) electrons. The molecule has 1 amide bonds. The molecule has 3 heterocycles. The van der Waals surface area contributed by atoms with Crippen LogP contribution in [0.1, 0.15) is 10.4 Å². The zero-order valence-corrected chi connectivity index (χ0v) is 16.7. The molecule has 0 saturated carbocycles. The average Bonchev–Trinajstić information content (AvgIpc) is 3.37. The van der Waals surface area contributed by atoms with Gasteiger partial charge in [-0.25, -0.2) is 8.42 Å². The molecule has 1 N–H and O–H groups in total. The van der Waals surface area contributed by atoms with E-state index in [2.05, 4.69) is 11.9 Å². The molecule has 0 fully saturated rings. The Hall–Kier alpha value is -2.26. The van der Waals surface area contributed by atoms with Crippen molar-refractivity contribution >= 4 is 43.6 Å². The van der Waals surface area contributed by atoms with Gasteiger partial charge in [0.25, 0.3) is 10.0 Å². The van der Waals surface area contributed by atoms with E-state index >= 15 is 0 Å². The highest BCUT2D eigenvalue weighted by Crippen LogP contribution is 2.39. The van der Waals surface area contributed by atoms with Crippen LogP contribution in [0.4, 0.5) is 5.00 Å². The number of benzene rings is 1. The fraction of sp³-hybridized carbons (Fsp3) is 0.105. The minimum Gasteiger partial charge on any atom is -0.314 e. The maximum atomic E-state index is 13.0. The third-order valence-corrected chi connectivity index (χ3v) is 8.70. The van der Waals surface area contributed by atoms with Crippen LogP contribution in [-0.4, -0.2) is 18.6 Å². The Labute approximate surface area is 165 Å². The minimum atomic E-state index is -3.55. The summed E-state index contributed by atoms with van der Waals surface area (Å²) >= 11 is 2.68. The summed E-state index contributed by atoms with van der Waals surface area (Å²) in [6.45, 7) is 4.07. The second kappa shape index (κ2) is 7.05. The van der Waals surface area contributed by atoms with Crippen LogP contribution in [0, 0.1) is 0 Å². The van der Waals surface area contributed by atoms with Gasteiger partial charge < -0.3 is 5.32 Å². The Morgan fingerprint density at radius 2 is 1.89 bits per heavy atom. The van der Waals surface area contributed by atoms with Crippen LogP contribution in [0.3, 0.4) is 0 Å². The summed E-state index contributed by atoms with van der Waals surface area (Å²) in [4.78, 5) is 13.3. The summed E-state index contributed by atoms with van der Waals surface area (Å²) < 4.78 is 27.8. The Morgan fingerprint density at radius 1 is 1.11 bits per heavy atom. The fourth-order valence-corrected chi connectivity index (χ4v) is 6.91. The van der Waals surface area contributed by atoms with Gasteiger partial charge in [-0.2, -0.15) is 4.31 Å². The number of hydrogen-bond acceptors (Lipinski definition) is 5. The largest absolute Gasteiger partial charge is 0.314 e. The number of carbonyl (C=O) groups is 1. The third kappa shape index (κ3) is 3.49. The van der Waals surface area contributed by atoms with Gasteiger partial charge in [0.05, 0.1) is 5.00 Å². The quantitative estimate of drug-likeness (QED) is 0.631. The van der Waals surface area contributed by atoms with E-state index in [0.29, 0.717) is 22.3 Å². The van der Waals surface area contributed by atoms with Crippen LogP contribution in [-0.2, 0) is 27.9 Å². The van der Waals surface area contributed by atoms with Crippen LogP contribution in [0.5, 0.6) is 0 Å². The molecule has 5 nitrogen and oxygen atoms in total. The molecule has 0 spiro atoms. The first kappa shape index (κ1) is 18.1. The van der Waals surface area contributed by atoms with E-state index in [1.165, 1.54) is 33.1 Å². The zero-order chi connectivity index (χ0) is 19.0. The van der Waals surface area contributed by atoms with Crippen molar-refractivity contribution in [1.82, 2.24) is 4.31 Å². The number of rotatable bonds is 5. The van der Waals surface area contributed by atoms with Crippen molar-refractivity contribution in [3.63, 3.8) is 0 Å². The predicted molar refractivity (Wildman–Crippen MR) is 109 cm³/mol. The number of fused-ring (bicyclic) bond motifs is 1. The highest BCUT2D eigenvalue weighted by molar-refractivity contribution is 7.91. The van der Waals surface area contributed by atoms with E-state index in [-0.39, 0.29) is 5.91 Å². The van der Waals surface area contributed by atoms with Crippen LogP contribution in [0.25, 0.3) is 10.4 Å². The van der Waals surface area contributed by atoms with Gasteiger partial charge in [0.2, 0.25) is 5.91 Å². The lowest BCUT2D eigenvalue weighted by Crippen LogP contribution is -2.24. The number of sulfonamides is 1. The van der Waals surface area contributed by atoms with Crippen LogP contribution < -0.4 is 5.32 Å². The van der Waals surface area contributed by atoms with E-state index in [1.54, 1.807) is 6.07 Å². The van der Waals surface area contributed by atoms with Crippen LogP contribution >= 0.6 is 22.7 Å². The first-order chi connectivity index (χ1) is 13.0. The Balaban J connectivity index is 1.53. The summed E-state index contributed by atoms with van der Waals surface area (Å²) in [5, 5.41) is 3.44. The van der Waals surface area contributed by atoms with Gasteiger partial charge in [0.15, 0.2) is 0 Å². The van der Waals surface area contributed by atoms with Crippen molar-refractivity contribution < 1.29 is 13.2 Å². The second-order valence-corrected chi connectivity index (χ2v) is 10.4. The number of carbonyl (C=O) groups excluding carboxylic acids is 1. The molecule has 1 aromatic carbocycles. The second-order valence-electron chi connectivity index (χ2n) is 6.01. The molecule has 1 aliphatic heterocycles. The molecular weight excluding hydrogens is 400 g/mol. The third-order valence-electron chi connectivity index (χ3n) is 4.23. The monoisotopic (exact) mass is 416 g/mol. The van der Waals surface area contributed by atoms with E-state index in [0.717, 1.165) is 20.9 Å². The topological polar surface area (TPSA) is 66.5 Å². The van der Waals surface area contributed by atoms with E-state index in [9.17, 15) is 13.2 Å². The van der Waals surface area contributed by atoms with Crippen molar-refractivity contribution in [3.05, 3.63) is 71.6 Å². The number of nitrogens with zero attached hydrogens (tertiary/aromatic N) is 1. The molecule has 8 heteroatoms. The minimum absolute atomic E-state index is 0.272. The molecule has 4 rings (SSSR count). The van der Waals surface area contributed by atoms with E-state index in [1.807, 2.05) is 42.5 Å². The zero-order valence-electron chi connectivity index (χ0n) is 14.2. The van der Waals surface area contributed by atoms with E-state index in [4.69, 9.17) is 0 Å². The van der Waals surface area contributed by atoms with Gasteiger partial charge in [-0.3, -0.25) is 4.79 Å². The molecule has 0 saturated heterocycles. The summed E-state index contributed by atoms with van der Waals surface area (Å²) in [5.41, 5.74) is 1.94. The van der Waals surface area contributed by atoms with Crippen molar-refractivity contribution in [2.75, 3.05) is 5.32 Å². The van der Waals surface area contributed by atoms with Gasteiger partial charge in [-0.1, -0.05) is 36.9 Å². The SMILES string of the molecule is C=CC(=O)Nc1cc2c(s1)CN(S(=O)(=O)c1ccc(-c3ccccc3)s1)C2. The van der Waals surface area contributed by atoms with Gasteiger partial charge in [0.1, 0.15) is 4.21 Å². The standard InChI is InChI=1S/C19H16N2O3S3/c1-2-17(22)20-18-10-14-11-21(12-16(14)25-18)27(23,24)19-9-8-15(26-19)13-6-4-3-5-7-13/h2-10H,1,11-12H2,(H,20,22). The maximum Gasteiger partial charge on any atom is 0.253 e. The number of hydrogen-bond donors (Lipinski definition) is 1. The molecule has 0 atom stereocenters. The Morgan fingerprint density at radius 3 is 2.59 bits per heavy atom. The van der Waals surface area contributed by atoms with Crippen molar-refractivity contribution in [3.8, 4) is 10.4 Å². The van der Waals surface area contributed by atoms with Crippen molar-refractivity contribution in [2.24, 2.45) is 0 Å². The molecule has 3 aromatic rings. The van der Waals surface area contributed by atoms with Crippen molar-refractivity contribution in [1.29, 1.82) is 0 Å². The van der Waals surface area contributed by atoms with Gasteiger partial charge in [0, 0.05) is 22.8 Å². The number of nitrogens with one attached hydrogen (secondary N) is 1. The lowest BCUT2D eigenvalue weighted by Gasteiger charge is -2.14. The molecule has 1 aliphatic rings. The molecule has 0 bridgehead atoms. The molecule has 0 unspecified atom stereocenters. The molecule has 138 valence electrons. The number of thiophene rings is 2. The van der Waals surface area contributed by atoms with Crippen LogP contribution in [0.2, 0.25) is 0 Å².